The summed E-state index contributed by atoms with van der Waals surface area (Å²) in [6, 6.07) is 11.4. The van der Waals surface area contributed by atoms with Crippen molar-refractivity contribution in [1.82, 2.24) is 15.3 Å². The Hall–Kier alpha value is -3.16. The molecule has 1 aliphatic rings. The van der Waals surface area contributed by atoms with E-state index < -0.39 is 28.7 Å². The van der Waals surface area contributed by atoms with E-state index in [0.717, 1.165) is 11.3 Å². The zero-order chi connectivity index (χ0) is 30.4. The van der Waals surface area contributed by atoms with E-state index in [4.69, 9.17) is 4.74 Å². The molecule has 4 rings (SSSR count). The van der Waals surface area contributed by atoms with Gasteiger partial charge in [-0.15, -0.1) is 0 Å². The molecule has 0 radical (unpaired) electrons. The molecule has 0 bridgehead atoms. The van der Waals surface area contributed by atoms with E-state index in [2.05, 4.69) is 31.9 Å². The summed E-state index contributed by atoms with van der Waals surface area (Å²) in [5.41, 5.74) is 0.817. The highest BCUT2D eigenvalue weighted by molar-refractivity contribution is 8.11. The van der Waals surface area contributed by atoms with E-state index in [1.54, 1.807) is 48.7 Å². The number of ether oxygens (including phenoxy) is 1. The number of piperidine rings is 1. The molecular weight excluding hydrogens is 590 g/mol. The highest BCUT2D eigenvalue weighted by Crippen LogP contribution is 2.41. The second-order valence-corrected chi connectivity index (χ2v) is 12.5. The zero-order valence-electron chi connectivity index (χ0n) is 23.4. The number of hydrogen-bond acceptors (Lipinski definition) is 7. The average molecular weight is 624 g/mol. The minimum absolute atomic E-state index is 0.0811. The monoisotopic (exact) mass is 623 g/mol. The minimum atomic E-state index is -3.04. The molecule has 226 valence electrons. The van der Waals surface area contributed by atoms with Gasteiger partial charge in [0, 0.05) is 41.9 Å². The number of hydrogen-bond donors (Lipinski definition) is 3. The van der Waals surface area contributed by atoms with Crippen LogP contribution < -0.4 is 20.1 Å². The lowest BCUT2D eigenvalue weighted by Crippen LogP contribution is -2.49. The van der Waals surface area contributed by atoms with Gasteiger partial charge < -0.3 is 15.4 Å². The van der Waals surface area contributed by atoms with Gasteiger partial charge in [-0.25, -0.2) is 23.0 Å². The summed E-state index contributed by atoms with van der Waals surface area (Å²) >= 11 is 1.37. The number of rotatable bonds is 12. The molecule has 1 aliphatic heterocycles. The SMILES string of the molecule is C=C(C)S/C(=C(/Oc1ccc(NS(=O)C(F)F)c2ccccc12)[C@H](C)CC)c1ccnc(NC2CNCC(F)(F)C2)n1. The van der Waals surface area contributed by atoms with Gasteiger partial charge in [-0.1, -0.05) is 56.5 Å². The lowest BCUT2D eigenvalue weighted by atomic mass is 10.0. The number of nitrogens with one attached hydrogen (secondary N) is 3. The summed E-state index contributed by atoms with van der Waals surface area (Å²) in [5.74, 6) is -4.66. The standard InChI is InChI=1S/C29H33F4N5O2S2/c1-5-18(4)25(40-24-11-10-22(38-42(39)27(30)31)20-8-6-7-9-21(20)24)26(41-17(2)3)23-12-13-35-28(37-23)36-19-14-29(32,33)16-34-15-19/h6-13,18-19,27,34,38H,2,5,14-16H2,1,3-4H3,(H,35,36,37)/b26-25+/t18-,19?,42?/m1/s1. The molecule has 13 heteroatoms. The van der Waals surface area contributed by atoms with Crippen LogP contribution in [0.3, 0.4) is 0 Å². The lowest BCUT2D eigenvalue weighted by Gasteiger charge is -2.30. The van der Waals surface area contributed by atoms with E-state index in [0.29, 0.717) is 39.4 Å². The number of thioether (sulfide) groups is 1. The van der Waals surface area contributed by atoms with Crippen LogP contribution in [0.15, 0.2) is 65.9 Å². The third-order valence-corrected chi connectivity index (χ3v) is 8.28. The molecule has 0 aliphatic carbocycles. The number of fused-ring (bicyclic) bond motifs is 1. The Morgan fingerprint density at radius 1 is 1.24 bits per heavy atom. The molecule has 1 aromatic heterocycles. The Morgan fingerprint density at radius 2 is 1.98 bits per heavy atom. The van der Waals surface area contributed by atoms with Crippen LogP contribution >= 0.6 is 11.8 Å². The number of halogens is 4. The van der Waals surface area contributed by atoms with E-state index in [-0.39, 0.29) is 30.5 Å². The molecule has 2 heterocycles. The van der Waals surface area contributed by atoms with Gasteiger partial charge in [-0.2, -0.15) is 8.78 Å². The Kier molecular flexibility index (Phi) is 10.5. The number of aromatic nitrogens is 2. The minimum Gasteiger partial charge on any atom is -0.460 e. The quantitative estimate of drug-likeness (QED) is 0.143. The van der Waals surface area contributed by atoms with Crippen LogP contribution in [0.2, 0.25) is 0 Å². The van der Waals surface area contributed by atoms with Crippen LogP contribution in [-0.2, 0) is 11.0 Å². The first-order valence-corrected chi connectivity index (χ1v) is 15.4. The van der Waals surface area contributed by atoms with Gasteiger partial charge in [-0.3, -0.25) is 4.72 Å². The number of nitrogens with zero attached hydrogens (tertiary/aromatic N) is 2. The Morgan fingerprint density at radius 3 is 2.64 bits per heavy atom. The van der Waals surface area contributed by atoms with Crippen LogP contribution in [-0.4, -0.2) is 45.0 Å². The smallest absolute Gasteiger partial charge is 0.330 e. The van der Waals surface area contributed by atoms with Gasteiger partial charge >= 0.3 is 5.76 Å². The highest BCUT2D eigenvalue weighted by Gasteiger charge is 2.36. The summed E-state index contributed by atoms with van der Waals surface area (Å²) < 4.78 is 74.7. The number of anilines is 2. The van der Waals surface area contributed by atoms with Gasteiger partial charge in [0.05, 0.1) is 22.8 Å². The van der Waals surface area contributed by atoms with Crippen LogP contribution in [0.1, 0.15) is 39.3 Å². The van der Waals surface area contributed by atoms with Gasteiger partial charge in [0.25, 0.3) is 5.92 Å². The predicted molar refractivity (Wildman–Crippen MR) is 163 cm³/mol. The Bertz CT molecular complexity index is 1490. The van der Waals surface area contributed by atoms with Gasteiger partial charge in [-0.05, 0) is 36.4 Å². The molecule has 42 heavy (non-hydrogen) atoms. The van der Waals surface area contributed by atoms with Gasteiger partial charge in [0.15, 0.2) is 11.0 Å². The Balaban J connectivity index is 1.76. The highest BCUT2D eigenvalue weighted by atomic mass is 32.2. The first-order chi connectivity index (χ1) is 20.0. The van der Waals surface area contributed by atoms with E-state index in [1.165, 1.54) is 11.8 Å². The summed E-state index contributed by atoms with van der Waals surface area (Å²) in [6.07, 6.45) is 1.95. The fraction of sp³-hybridized carbons (Fsp3) is 0.379. The van der Waals surface area contributed by atoms with Crippen molar-refractivity contribution < 1.29 is 26.5 Å². The second-order valence-electron chi connectivity index (χ2n) is 10.0. The number of allylic oxidation sites excluding steroid dienone is 2. The molecule has 0 amide bonds. The van der Waals surface area contributed by atoms with Gasteiger partial charge in [0.1, 0.15) is 11.5 Å². The topological polar surface area (TPSA) is 88.2 Å². The fourth-order valence-corrected chi connectivity index (χ4v) is 5.85. The molecular formula is C29H33F4N5O2S2. The van der Waals surface area contributed by atoms with Crippen molar-refractivity contribution in [3.63, 3.8) is 0 Å². The first kappa shape index (κ1) is 31.8. The van der Waals surface area contributed by atoms with Crippen molar-refractivity contribution in [2.45, 2.75) is 51.3 Å². The third kappa shape index (κ3) is 8.01. The van der Waals surface area contributed by atoms with Crippen molar-refractivity contribution in [3.05, 3.63) is 71.6 Å². The van der Waals surface area contributed by atoms with Crippen molar-refractivity contribution in [2.75, 3.05) is 23.1 Å². The van der Waals surface area contributed by atoms with Crippen molar-refractivity contribution in [2.24, 2.45) is 5.92 Å². The molecule has 2 aromatic carbocycles. The largest absolute Gasteiger partial charge is 0.460 e. The van der Waals surface area contributed by atoms with E-state index >= 15 is 0 Å². The molecule has 1 fully saturated rings. The maximum atomic E-state index is 13.9. The molecule has 0 saturated carbocycles. The van der Waals surface area contributed by atoms with E-state index in [1.807, 2.05) is 20.8 Å². The zero-order valence-corrected chi connectivity index (χ0v) is 25.1. The lowest BCUT2D eigenvalue weighted by molar-refractivity contribution is -0.0244. The van der Waals surface area contributed by atoms with Crippen molar-refractivity contribution in [3.8, 4) is 5.75 Å². The summed E-state index contributed by atoms with van der Waals surface area (Å²) in [6.45, 7) is 9.93. The summed E-state index contributed by atoms with van der Waals surface area (Å²) in [7, 11) is -2.57. The second kappa shape index (κ2) is 13.9. The van der Waals surface area contributed by atoms with Crippen LogP contribution in [0.5, 0.6) is 5.75 Å². The molecule has 3 atom stereocenters. The maximum Gasteiger partial charge on any atom is 0.330 e. The van der Waals surface area contributed by atoms with E-state index in [9.17, 15) is 21.8 Å². The molecule has 0 spiro atoms. The Labute approximate surface area is 249 Å². The summed E-state index contributed by atoms with van der Waals surface area (Å²) in [5, 5.41) is 6.96. The maximum absolute atomic E-state index is 13.9. The predicted octanol–water partition coefficient (Wildman–Crippen LogP) is 7.40. The molecule has 3 aromatic rings. The number of alkyl halides is 4. The van der Waals surface area contributed by atoms with Crippen molar-refractivity contribution >= 4 is 50.1 Å². The molecule has 3 N–H and O–H groups in total. The normalized spacial score (nSPS) is 18.7. The average Bonchev–Trinajstić information content (AvgIpc) is 2.94. The van der Waals surface area contributed by atoms with Crippen LogP contribution in [0.25, 0.3) is 15.7 Å². The first-order valence-electron chi connectivity index (χ1n) is 13.4. The molecule has 7 nitrogen and oxygen atoms in total. The summed E-state index contributed by atoms with van der Waals surface area (Å²) in [4.78, 5) is 10.4. The van der Waals surface area contributed by atoms with Crippen LogP contribution in [0.4, 0.5) is 29.2 Å². The number of benzene rings is 2. The molecule has 2 unspecified atom stereocenters. The third-order valence-electron chi connectivity index (χ3n) is 6.58. The van der Waals surface area contributed by atoms with Crippen LogP contribution in [0, 0.1) is 5.92 Å². The fourth-order valence-electron chi connectivity index (χ4n) is 4.45. The molecule has 1 saturated heterocycles. The van der Waals surface area contributed by atoms with Crippen molar-refractivity contribution in [1.29, 1.82) is 0 Å². The van der Waals surface area contributed by atoms with Gasteiger partial charge in [0.2, 0.25) is 5.95 Å².